The quantitative estimate of drug-likeness (QED) is 0.482. The number of amides is 1. The Morgan fingerprint density at radius 3 is 2.03 bits per heavy atom. The molecule has 0 fully saturated rings. The van der Waals surface area contributed by atoms with Gasteiger partial charge in [-0.3, -0.25) is 4.79 Å². The van der Waals surface area contributed by atoms with Gasteiger partial charge in [-0.15, -0.1) is 11.8 Å². The van der Waals surface area contributed by atoms with Crippen molar-refractivity contribution in [3.05, 3.63) is 101 Å². The molecule has 0 aliphatic heterocycles. The average Bonchev–Trinajstić information content (AvgIpc) is 2.79. The molecule has 0 radical (unpaired) electrons. The molecule has 0 saturated heterocycles. The Labute approximate surface area is 198 Å². The lowest BCUT2D eigenvalue weighted by Crippen LogP contribution is -2.31. The largest absolute Gasteiger partial charge is 0.338 e. The molecule has 8 heteroatoms. The summed E-state index contributed by atoms with van der Waals surface area (Å²) in [7, 11) is -2.00. The van der Waals surface area contributed by atoms with Crippen LogP contribution in [0.3, 0.4) is 0 Å². The maximum absolute atomic E-state index is 13.0. The molecule has 168 valence electrons. The van der Waals surface area contributed by atoms with Gasteiger partial charge >= 0.3 is 0 Å². The fourth-order valence-electron chi connectivity index (χ4n) is 3.28. The number of halogens is 1. The zero-order valence-corrected chi connectivity index (χ0v) is 20.2. The first-order valence-electron chi connectivity index (χ1n) is 9.97. The molecule has 2 N–H and O–H groups in total. The van der Waals surface area contributed by atoms with Crippen LogP contribution in [0.2, 0.25) is 5.02 Å². The van der Waals surface area contributed by atoms with Crippen LogP contribution < -0.4 is 5.14 Å². The minimum Gasteiger partial charge on any atom is -0.338 e. The number of hydrogen-bond donors (Lipinski definition) is 1. The van der Waals surface area contributed by atoms with Crippen molar-refractivity contribution in [2.75, 3.05) is 12.8 Å². The van der Waals surface area contributed by atoms with Crippen LogP contribution in [0, 0.1) is 0 Å². The standard InChI is InChI=1S/C24H25ClN2O3S2/c1-17(18-10-14-22(15-11-18)32(26,29)30)27(2)23(28)16-31-24(19-6-4-3-5-7-19)20-8-12-21(25)13-9-20/h3-15,17,24H,16H2,1-2H3,(H2,26,29,30). The molecule has 1 amide bonds. The fourth-order valence-corrected chi connectivity index (χ4v) is 5.14. The molecule has 0 bridgehead atoms. The third-order valence-corrected chi connectivity index (χ3v) is 7.79. The summed E-state index contributed by atoms with van der Waals surface area (Å²) >= 11 is 7.61. The van der Waals surface area contributed by atoms with Crippen LogP contribution in [0.4, 0.5) is 0 Å². The summed E-state index contributed by atoms with van der Waals surface area (Å²) in [5.74, 6) is 0.270. The van der Waals surface area contributed by atoms with Gasteiger partial charge in [-0.05, 0) is 47.9 Å². The predicted molar refractivity (Wildman–Crippen MR) is 131 cm³/mol. The third-order valence-electron chi connectivity index (χ3n) is 5.31. The van der Waals surface area contributed by atoms with E-state index in [0.717, 1.165) is 16.7 Å². The van der Waals surface area contributed by atoms with Crippen molar-refractivity contribution in [2.24, 2.45) is 5.14 Å². The van der Waals surface area contributed by atoms with Gasteiger partial charge in [0.1, 0.15) is 0 Å². The lowest BCUT2D eigenvalue weighted by atomic mass is 10.0. The van der Waals surface area contributed by atoms with Gasteiger partial charge in [-0.2, -0.15) is 0 Å². The van der Waals surface area contributed by atoms with E-state index in [0.29, 0.717) is 5.02 Å². The van der Waals surface area contributed by atoms with E-state index in [1.165, 1.54) is 12.1 Å². The van der Waals surface area contributed by atoms with Crippen molar-refractivity contribution in [1.82, 2.24) is 4.90 Å². The zero-order valence-electron chi connectivity index (χ0n) is 17.8. The number of thioether (sulfide) groups is 1. The van der Waals surface area contributed by atoms with E-state index >= 15 is 0 Å². The van der Waals surface area contributed by atoms with Crippen LogP contribution >= 0.6 is 23.4 Å². The summed E-state index contributed by atoms with van der Waals surface area (Å²) in [6, 6.07) is 23.8. The van der Waals surface area contributed by atoms with Crippen LogP contribution in [-0.4, -0.2) is 32.0 Å². The second-order valence-electron chi connectivity index (χ2n) is 7.45. The van der Waals surface area contributed by atoms with Gasteiger partial charge in [0, 0.05) is 12.1 Å². The molecule has 5 nitrogen and oxygen atoms in total. The molecule has 0 heterocycles. The molecule has 0 aliphatic rings. The average molecular weight is 489 g/mol. The van der Waals surface area contributed by atoms with Crippen molar-refractivity contribution in [3.8, 4) is 0 Å². The van der Waals surface area contributed by atoms with E-state index in [4.69, 9.17) is 16.7 Å². The second kappa shape index (κ2) is 10.5. The van der Waals surface area contributed by atoms with Gasteiger partial charge in [0.15, 0.2) is 0 Å². The van der Waals surface area contributed by atoms with Crippen molar-refractivity contribution in [3.63, 3.8) is 0 Å². The molecule has 3 aromatic carbocycles. The predicted octanol–water partition coefficient (Wildman–Crippen LogP) is 5.03. The van der Waals surface area contributed by atoms with E-state index < -0.39 is 10.0 Å². The Balaban J connectivity index is 1.72. The summed E-state index contributed by atoms with van der Waals surface area (Å²) in [6.07, 6.45) is 0. The molecule has 2 unspecified atom stereocenters. The molecule has 0 saturated carbocycles. The SMILES string of the molecule is CC(c1ccc(S(N)(=O)=O)cc1)N(C)C(=O)CSC(c1ccccc1)c1ccc(Cl)cc1. The van der Waals surface area contributed by atoms with Crippen LogP contribution in [0.5, 0.6) is 0 Å². The van der Waals surface area contributed by atoms with Crippen molar-refractivity contribution in [2.45, 2.75) is 23.1 Å². The first kappa shape index (κ1) is 24.3. The van der Waals surface area contributed by atoms with Gasteiger partial charge in [0.2, 0.25) is 15.9 Å². The molecule has 2 atom stereocenters. The highest BCUT2D eigenvalue weighted by atomic mass is 35.5. The minimum atomic E-state index is -3.75. The highest BCUT2D eigenvalue weighted by molar-refractivity contribution is 8.00. The molecule has 32 heavy (non-hydrogen) atoms. The monoisotopic (exact) mass is 488 g/mol. The third kappa shape index (κ3) is 6.13. The lowest BCUT2D eigenvalue weighted by molar-refractivity contribution is -0.128. The number of nitrogens with zero attached hydrogens (tertiary/aromatic N) is 1. The number of sulfonamides is 1. The van der Waals surface area contributed by atoms with E-state index in [1.807, 2.05) is 49.4 Å². The fraction of sp³-hybridized carbons (Fsp3) is 0.208. The Hall–Kier alpha value is -2.32. The van der Waals surface area contributed by atoms with Crippen LogP contribution in [0.25, 0.3) is 0 Å². The van der Waals surface area contributed by atoms with Crippen molar-refractivity contribution < 1.29 is 13.2 Å². The number of carbonyl (C=O) groups is 1. The molecule has 3 aromatic rings. The summed E-state index contributed by atoms with van der Waals surface area (Å²) in [6.45, 7) is 1.91. The summed E-state index contributed by atoms with van der Waals surface area (Å²) in [5.41, 5.74) is 3.02. The zero-order chi connectivity index (χ0) is 23.3. The first-order valence-corrected chi connectivity index (χ1v) is 12.9. The van der Waals surface area contributed by atoms with Gasteiger partial charge in [0.05, 0.1) is 21.9 Å². The van der Waals surface area contributed by atoms with Gasteiger partial charge in [-0.1, -0.05) is 66.2 Å². The highest BCUT2D eigenvalue weighted by Crippen LogP contribution is 2.36. The van der Waals surface area contributed by atoms with E-state index in [-0.39, 0.29) is 27.8 Å². The van der Waals surface area contributed by atoms with Crippen molar-refractivity contribution >= 4 is 39.3 Å². The second-order valence-corrected chi connectivity index (χ2v) is 10.5. The molecule has 0 aliphatic carbocycles. The Kier molecular flexibility index (Phi) is 8.00. The van der Waals surface area contributed by atoms with Crippen molar-refractivity contribution in [1.29, 1.82) is 0 Å². The van der Waals surface area contributed by atoms with E-state index in [2.05, 4.69) is 12.1 Å². The Morgan fingerprint density at radius 1 is 0.938 bits per heavy atom. The number of rotatable bonds is 8. The van der Waals surface area contributed by atoms with E-state index in [1.54, 1.807) is 35.8 Å². The maximum Gasteiger partial charge on any atom is 0.238 e. The number of carbonyl (C=O) groups excluding carboxylic acids is 1. The van der Waals surface area contributed by atoms with Crippen LogP contribution in [0.1, 0.15) is 34.9 Å². The smallest absolute Gasteiger partial charge is 0.238 e. The van der Waals surface area contributed by atoms with Crippen LogP contribution in [-0.2, 0) is 14.8 Å². The minimum absolute atomic E-state index is 0.00447. The number of primary sulfonamides is 1. The summed E-state index contributed by atoms with van der Waals surface area (Å²) < 4.78 is 22.9. The Morgan fingerprint density at radius 2 is 1.47 bits per heavy atom. The first-order chi connectivity index (χ1) is 15.2. The highest BCUT2D eigenvalue weighted by Gasteiger charge is 2.21. The molecule has 0 spiro atoms. The normalized spacial score (nSPS) is 13.4. The molecular formula is C24H25ClN2O3S2. The Bertz CT molecular complexity index is 1150. The topological polar surface area (TPSA) is 80.5 Å². The summed E-state index contributed by atoms with van der Waals surface area (Å²) in [4.78, 5) is 14.7. The summed E-state index contributed by atoms with van der Waals surface area (Å²) in [5, 5.41) is 5.83. The molecular weight excluding hydrogens is 464 g/mol. The van der Waals surface area contributed by atoms with Crippen LogP contribution in [0.15, 0.2) is 83.8 Å². The molecule has 3 rings (SSSR count). The number of benzene rings is 3. The number of hydrogen-bond acceptors (Lipinski definition) is 4. The lowest BCUT2D eigenvalue weighted by Gasteiger charge is -2.26. The molecule has 0 aromatic heterocycles. The maximum atomic E-state index is 13.0. The van der Waals surface area contributed by atoms with Gasteiger partial charge in [0.25, 0.3) is 0 Å². The number of nitrogens with two attached hydrogens (primary N) is 1. The van der Waals surface area contributed by atoms with E-state index in [9.17, 15) is 13.2 Å². The van der Waals surface area contributed by atoms with Gasteiger partial charge < -0.3 is 4.90 Å². The van der Waals surface area contributed by atoms with Gasteiger partial charge in [-0.25, -0.2) is 13.6 Å².